The molecule has 3 aliphatic rings. The van der Waals surface area contributed by atoms with Gasteiger partial charge in [0.25, 0.3) is 0 Å². The molecule has 0 saturated carbocycles. The number of ketones is 2. The number of carbonyl (C=O) groups excluding carboxylic acids is 2. The summed E-state index contributed by atoms with van der Waals surface area (Å²) in [7, 11) is 0. The van der Waals surface area contributed by atoms with Crippen LogP contribution in [0.4, 0.5) is 0 Å². The molecule has 3 nitrogen and oxygen atoms in total. The predicted molar refractivity (Wildman–Crippen MR) is 81.3 cm³/mol. The zero-order valence-electron chi connectivity index (χ0n) is 12.2. The molecular weight excluding hydrogens is 276 g/mol. The van der Waals surface area contributed by atoms with E-state index in [1.165, 1.54) is 0 Å². The maximum absolute atomic E-state index is 13.0. The van der Waals surface area contributed by atoms with Gasteiger partial charge >= 0.3 is 0 Å². The average molecular weight is 290 g/mol. The second kappa shape index (κ2) is 3.67. The lowest BCUT2D eigenvalue weighted by atomic mass is 9.64. The van der Waals surface area contributed by atoms with E-state index in [1.807, 2.05) is 18.2 Å². The number of rotatable bonds is 0. The van der Waals surface area contributed by atoms with Gasteiger partial charge in [0.1, 0.15) is 0 Å². The van der Waals surface area contributed by atoms with Crippen molar-refractivity contribution in [1.82, 2.24) is 0 Å². The van der Waals surface area contributed by atoms with E-state index < -0.39 is 0 Å². The molecule has 1 unspecified atom stereocenters. The van der Waals surface area contributed by atoms with Crippen LogP contribution in [0.5, 0.6) is 0 Å². The van der Waals surface area contributed by atoms with E-state index in [9.17, 15) is 9.59 Å². The molecule has 5 rings (SSSR count). The smallest absolute Gasteiger partial charge is 0.229 e. The van der Waals surface area contributed by atoms with Crippen molar-refractivity contribution in [3.63, 3.8) is 0 Å². The predicted octanol–water partition coefficient (Wildman–Crippen LogP) is 3.68. The summed E-state index contributed by atoms with van der Waals surface area (Å²) in [6.45, 7) is 2.17. The topological polar surface area (TPSA) is 47.3 Å². The van der Waals surface area contributed by atoms with Crippen LogP contribution in [0.1, 0.15) is 68.5 Å². The van der Waals surface area contributed by atoms with Gasteiger partial charge in [-0.05, 0) is 24.0 Å². The van der Waals surface area contributed by atoms with Gasteiger partial charge in [-0.15, -0.1) is 0 Å². The van der Waals surface area contributed by atoms with Crippen molar-refractivity contribution in [2.75, 3.05) is 0 Å². The van der Waals surface area contributed by atoms with Crippen LogP contribution in [0.3, 0.4) is 0 Å². The van der Waals surface area contributed by atoms with E-state index in [0.29, 0.717) is 18.6 Å². The molecule has 0 bridgehead atoms. The van der Waals surface area contributed by atoms with Crippen molar-refractivity contribution in [2.45, 2.75) is 31.6 Å². The summed E-state index contributed by atoms with van der Waals surface area (Å²) < 4.78 is 5.62. The highest BCUT2D eigenvalue weighted by atomic mass is 16.3. The SMILES string of the molecule is CC12CC=Cc3coc(c31)C(=O)c1c2ccc2c1CCC2=O. The Labute approximate surface area is 127 Å². The Morgan fingerprint density at radius 1 is 1.18 bits per heavy atom. The molecule has 0 amide bonds. The van der Waals surface area contributed by atoms with Crippen LogP contribution in [0.15, 0.2) is 28.9 Å². The lowest BCUT2D eigenvalue weighted by molar-refractivity contribution is 0.0990. The Kier molecular flexibility index (Phi) is 2.03. The van der Waals surface area contributed by atoms with Crippen LogP contribution >= 0.6 is 0 Å². The van der Waals surface area contributed by atoms with Gasteiger partial charge in [0, 0.05) is 34.1 Å². The normalized spacial score (nSPS) is 24.2. The zero-order chi connectivity index (χ0) is 15.1. The fourth-order valence-corrected chi connectivity index (χ4v) is 4.37. The third-order valence-electron chi connectivity index (χ3n) is 5.44. The number of hydrogen-bond donors (Lipinski definition) is 0. The average Bonchev–Trinajstić information content (AvgIpc) is 3.10. The standard InChI is InChI=1S/C19H14O3/c1-19-8-2-3-10-9-22-18(16(10)19)17(21)15-12-5-7-14(20)11(12)4-6-13(15)19/h2-4,6,9H,5,7-8H2,1H3. The zero-order valence-corrected chi connectivity index (χ0v) is 12.2. The van der Waals surface area contributed by atoms with Gasteiger partial charge in [0.05, 0.1) is 6.26 Å². The molecule has 0 spiro atoms. The quantitative estimate of drug-likeness (QED) is 0.743. The highest BCUT2D eigenvalue weighted by molar-refractivity contribution is 6.15. The molecule has 1 aromatic heterocycles. The molecular formula is C19H14O3. The van der Waals surface area contributed by atoms with Crippen molar-refractivity contribution in [3.8, 4) is 0 Å². The number of Topliss-reactive ketones (excluding diaryl/α,β-unsaturated/α-hetero) is 1. The summed E-state index contributed by atoms with van der Waals surface area (Å²) in [5, 5.41) is 0. The number of carbonyl (C=O) groups is 2. The van der Waals surface area contributed by atoms with E-state index in [0.717, 1.165) is 39.8 Å². The molecule has 1 heterocycles. The second-order valence-electron chi connectivity index (χ2n) is 6.60. The first-order valence-corrected chi connectivity index (χ1v) is 7.64. The maximum atomic E-state index is 13.0. The van der Waals surface area contributed by atoms with Gasteiger partial charge < -0.3 is 4.42 Å². The molecule has 3 heteroatoms. The summed E-state index contributed by atoms with van der Waals surface area (Å²) in [6.07, 6.45) is 7.86. The molecule has 1 atom stereocenters. The fraction of sp³-hybridized carbons (Fsp3) is 0.263. The fourth-order valence-electron chi connectivity index (χ4n) is 4.37. The van der Waals surface area contributed by atoms with Gasteiger partial charge in [-0.1, -0.05) is 31.2 Å². The minimum atomic E-state index is -0.240. The minimum absolute atomic E-state index is 0.0597. The van der Waals surface area contributed by atoms with Crippen LogP contribution in [-0.4, -0.2) is 11.6 Å². The number of hydrogen-bond acceptors (Lipinski definition) is 3. The first-order chi connectivity index (χ1) is 10.6. The Balaban J connectivity index is 1.90. The summed E-state index contributed by atoms with van der Waals surface area (Å²) >= 11 is 0. The summed E-state index contributed by atoms with van der Waals surface area (Å²) in [5.41, 5.74) is 5.18. The van der Waals surface area contributed by atoms with E-state index in [1.54, 1.807) is 6.26 Å². The van der Waals surface area contributed by atoms with E-state index in [4.69, 9.17) is 4.42 Å². The molecule has 0 radical (unpaired) electrons. The molecule has 2 aromatic rings. The van der Waals surface area contributed by atoms with Gasteiger partial charge in [-0.25, -0.2) is 0 Å². The molecule has 0 fully saturated rings. The van der Waals surface area contributed by atoms with Crippen molar-refractivity contribution >= 4 is 17.6 Å². The van der Waals surface area contributed by atoms with Crippen LogP contribution in [0, 0.1) is 0 Å². The minimum Gasteiger partial charge on any atom is -0.460 e. The molecule has 0 N–H and O–H groups in total. The second-order valence-corrected chi connectivity index (χ2v) is 6.60. The van der Waals surface area contributed by atoms with Crippen molar-refractivity contribution in [2.24, 2.45) is 0 Å². The molecule has 0 saturated heterocycles. The van der Waals surface area contributed by atoms with Crippen LogP contribution < -0.4 is 0 Å². The number of benzene rings is 1. The van der Waals surface area contributed by atoms with Crippen LogP contribution in [-0.2, 0) is 11.8 Å². The van der Waals surface area contributed by atoms with Crippen molar-refractivity contribution in [3.05, 3.63) is 63.6 Å². The van der Waals surface area contributed by atoms with E-state index in [-0.39, 0.29) is 17.0 Å². The third kappa shape index (κ3) is 1.20. The maximum Gasteiger partial charge on any atom is 0.229 e. The highest BCUT2D eigenvalue weighted by Gasteiger charge is 2.46. The number of allylic oxidation sites excluding steroid dienone is 1. The molecule has 108 valence electrons. The third-order valence-corrected chi connectivity index (χ3v) is 5.44. The van der Waals surface area contributed by atoms with Gasteiger partial charge in [0.15, 0.2) is 11.5 Å². The van der Waals surface area contributed by atoms with Gasteiger partial charge in [-0.2, -0.15) is 0 Å². The Morgan fingerprint density at radius 3 is 2.91 bits per heavy atom. The van der Waals surface area contributed by atoms with Crippen LogP contribution in [0.2, 0.25) is 0 Å². The first kappa shape index (κ1) is 12.2. The highest BCUT2D eigenvalue weighted by Crippen LogP contribution is 2.50. The van der Waals surface area contributed by atoms with Gasteiger partial charge in [0.2, 0.25) is 5.78 Å². The molecule has 22 heavy (non-hydrogen) atoms. The molecule has 1 aromatic carbocycles. The Bertz CT molecular complexity index is 913. The Morgan fingerprint density at radius 2 is 2.05 bits per heavy atom. The van der Waals surface area contributed by atoms with Crippen molar-refractivity contribution in [1.29, 1.82) is 0 Å². The summed E-state index contributed by atoms with van der Waals surface area (Å²) in [4.78, 5) is 25.0. The largest absolute Gasteiger partial charge is 0.460 e. The van der Waals surface area contributed by atoms with E-state index in [2.05, 4.69) is 13.0 Å². The summed E-state index contributed by atoms with van der Waals surface area (Å²) in [6, 6.07) is 3.89. The van der Waals surface area contributed by atoms with Crippen LogP contribution in [0.25, 0.3) is 6.08 Å². The summed E-state index contributed by atoms with van der Waals surface area (Å²) in [5.74, 6) is 0.544. The number of fused-ring (bicyclic) bond motifs is 4. The van der Waals surface area contributed by atoms with E-state index >= 15 is 0 Å². The lowest BCUT2D eigenvalue weighted by Crippen LogP contribution is -2.34. The lowest BCUT2D eigenvalue weighted by Gasteiger charge is -2.37. The molecule has 0 aliphatic heterocycles. The Hall–Kier alpha value is -2.42. The first-order valence-electron chi connectivity index (χ1n) is 7.64. The molecule has 3 aliphatic carbocycles. The number of furan rings is 1. The van der Waals surface area contributed by atoms with Crippen molar-refractivity contribution < 1.29 is 14.0 Å². The van der Waals surface area contributed by atoms with Gasteiger partial charge in [-0.3, -0.25) is 9.59 Å². The monoisotopic (exact) mass is 290 g/mol.